The number of nitrogens with zero attached hydrogens (tertiary/aromatic N) is 7. The van der Waals surface area contributed by atoms with Crippen molar-refractivity contribution in [3.63, 3.8) is 0 Å². The zero-order valence-corrected chi connectivity index (χ0v) is 16.0. The molecule has 0 saturated carbocycles. The quantitative estimate of drug-likeness (QED) is 0.680. The van der Waals surface area contributed by atoms with Crippen LogP contribution < -0.4 is 10.2 Å². The van der Waals surface area contributed by atoms with Crippen molar-refractivity contribution in [2.45, 2.75) is 12.2 Å². The Morgan fingerprint density at radius 1 is 1.20 bits per heavy atom. The highest BCUT2D eigenvalue weighted by Gasteiger charge is 2.31. The Morgan fingerprint density at radius 3 is 2.70 bits per heavy atom. The van der Waals surface area contributed by atoms with Gasteiger partial charge in [-0.05, 0) is 25.2 Å². The average Bonchev–Trinajstić information content (AvgIpc) is 3.15. The SMILES string of the molecule is CN1CCN(c2ncccn2)CC1c1nnc2ccc(C(=O)NCC(F)(F)F)cn12. The molecule has 1 fully saturated rings. The number of rotatable bonds is 4. The van der Waals surface area contributed by atoms with Crippen molar-refractivity contribution in [2.75, 3.05) is 38.1 Å². The van der Waals surface area contributed by atoms with Crippen molar-refractivity contribution in [1.29, 1.82) is 0 Å². The van der Waals surface area contributed by atoms with Crippen LogP contribution in [0.3, 0.4) is 0 Å². The van der Waals surface area contributed by atoms with Crippen LogP contribution in [0.25, 0.3) is 5.65 Å². The van der Waals surface area contributed by atoms with Crippen LogP contribution in [0.15, 0.2) is 36.8 Å². The number of likely N-dealkylation sites (N-methyl/N-ethyl adjacent to an activating group) is 1. The largest absolute Gasteiger partial charge is 0.405 e. The smallest absolute Gasteiger partial charge is 0.343 e. The number of amides is 1. The highest BCUT2D eigenvalue weighted by atomic mass is 19.4. The molecule has 3 aromatic heterocycles. The molecule has 1 atom stereocenters. The third-order valence-corrected chi connectivity index (χ3v) is 4.92. The van der Waals surface area contributed by atoms with Crippen molar-refractivity contribution in [2.24, 2.45) is 0 Å². The maximum atomic E-state index is 12.4. The van der Waals surface area contributed by atoms with Crippen LogP contribution in [0, 0.1) is 0 Å². The summed E-state index contributed by atoms with van der Waals surface area (Å²) in [6.45, 7) is 0.616. The van der Waals surface area contributed by atoms with Crippen molar-refractivity contribution >= 4 is 17.5 Å². The van der Waals surface area contributed by atoms with Crippen LogP contribution in [0.1, 0.15) is 22.2 Å². The summed E-state index contributed by atoms with van der Waals surface area (Å²) in [6.07, 6.45) is 0.333. The molecule has 3 aromatic rings. The maximum Gasteiger partial charge on any atom is 0.405 e. The number of aromatic nitrogens is 5. The molecule has 158 valence electrons. The predicted molar refractivity (Wildman–Crippen MR) is 101 cm³/mol. The van der Waals surface area contributed by atoms with Crippen LogP contribution in [-0.4, -0.2) is 74.8 Å². The fourth-order valence-electron chi connectivity index (χ4n) is 3.34. The van der Waals surface area contributed by atoms with Gasteiger partial charge in [-0.3, -0.25) is 14.1 Å². The number of carbonyl (C=O) groups is 1. The Balaban J connectivity index is 1.61. The number of hydrogen-bond acceptors (Lipinski definition) is 7. The summed E-state index contributed by atoms with van der Waals surface area (Å²) < 4.78 is 38.8. The summed E-state index contributed by atoms with van der Waals surface area (Å²) in [4.78, 5) is 24.9. The zero-order chi connectivity index (χ0) is 21.3. The summed E-state index contributed by atoms with van der Waals surface area (Å²) in [5.41, 5.74) is 0.591. The second-order valence-corrected chi connectivity index (χ2v) is 6.99. The molecule has 9 nitrogen and oxygen atoms in total. The molecule has 1 saturated heterocycles. The topological polar surface area (TPSA) is 91.6 Å². The first-order valence-corrected chi connectivity index (χ1v) is 9.24. The van der Waals surface area contributed by atoms with Crippen LogP contribution in [0.4, 0.5) is 19.1 Å². The molecule has 0 bridgehead atoms. The molecular weight excluding hydrogens is 401 g/mol. The van der Waals surface area contributed by atoms with Gasteiger partial charge in [0.15, 0.2) is 11.5 Å². The molecular formula is C18H19F3N8O. The van der Waals surface area contributed by atoms with Crippen molar-refractivity contribution < 1.29 is 18.0 Å². The molecule has 1 aliphatic heterocycles. The minimum Gasteiger partial charge on any atom is -0.343 e. The van der Waals surface area contributed by atoms with Crippen LogP contribution in [0.5, 0.6) is 0 Å². The number of pyridine rings is 1. The number of alkyl halides is 3. The minimum atomic E-state index is -4.48. The summed E-state index contributed by atoms with van der Waals surface area (Å²) in [5, 5.41) is 10.3. The Morgan fingerprint density at radius 2 is 1.97 bits per heavy atom. The van der Waals surface area contributed by atoms with Gasteiger partial charge in [0.25, 0.3) is 5.91 Å². The van der Waals surface area contributed by atoms with Gasteiger partial charge in [-0.1, -0.05) is 0 Å². The lowest BCUT2D eigenvalue weighted by molar-refractivity contribution is -0.123. The number of fused-ring (bicyclic) bond motifs is 1. The first-order valence-electron chi connectivity index (χ1n) is 9.24. The van der Waals surface area contributed by atoms with Gasteiger partial charge in [-0.15, -0.1) is 10.2 Å². The number of hydrogen-bond donors (Lipinski definition) is 1. The lowest BCUT2D eigenvalue weighted by Crippen LogP contribution is -2.48. The van der Waals surface area contributed by atoms with E-state index in [0.717, 1.165) is 13.1 Å². The van der Waals surface area contributed by atoms with Crippen molar-refractivity contribution in [3.05, 3.63) is 48.2 Å². The molecule has 1 aliphatic rings. The molecule has 4 heterocycles. The summed E-state index contributed by atoms with van der Waals surface area (Å²) >= 11 is 0. The fourth-order valence-corrected chi connectivity index (χ4v) is 3.34. The van der Waals surface area contributed by atoms with E-state index in [-0.39, 0.29) is 11.6 Å². The van der Waals surface area contributed by atoms with Gasteiger partial charge in [0, 0.05) is 38.2 Å². The molecule has 4 rings (SSSR count). The van der Waals surface area contributed by atoms with E-state index in [0.29, 0.717) is 24.0 Å². The molecule has 0 radical (unpaired) electrons. The fraction of sp³-hybridized carbons (Fsp3) is 0.389. The third-order valence-electron chi connectivity index (χ3n) is 4.92. The number of nitrogens with one attached hydrogen (secondary N) is 1. The summed E-state index contributed by atoms with van der Waals surface area (Å²) in [6, 6.07) is 4.55. The second kappa shape index (κ2) is 7.86. The standard InChI is InChI=1S/C18H19F3N8O/c1-27-7-8-28(17-22-5-2-6-23-17)10-13(27)15-26-25-14-4-3-12(9-29(14)15)16(30)24-11-18(19,20)21/h2-6,9,13H,7-8,10-11H2,1H3,(H,24,30). The van der Waals surface area contributed by atoms with Gasteiger partial charge >= 0.3 is 6.18 Å². The van der Waals surface area contributed by atoms with Crippen molar-refractivity contribution in [3.8, 4) is 0 Å². The van der Waals surface area contributed by atoms with Gasteiger partial charge in [0.05, 0.1) is 11.6 Å². The Hall–Kier alpha value is -3.28. The Labute approximate surface area is 169 Å². The normalized spacial score (nSPS) is 18.0. The minimum absolute atomic E-state index is 0.0921. The van der Waals surface area contributed by atoms with E-state index in [2.05, 4.69) is 25.1 Å². The van der Waals surface area contributed by atoms with Crippen LogP contribution in [0.2, 0.25) is 0 Å². The van der Waals surface area contributed by atoms with Gasteiger partial charge < -0.3 is 10.2 Å². The monoisotopic (exact) mass is 420 g/mol. The van der Waals surface area contributed by atoms with E-state index >= 15 is 0 Å². The Bertz CT molecular complexity index is 1040. The molecule has 0 spiro atoms. The highest BCUT2D eigenvalue weighted by Crippen LogP contribution is 2.25. The summed E-state index contributed by atoms with van der Waals surface area (Å²) in [5.74, 6) is 0.375. The van der Waals surface area contributed by atoms with Gasteiger partial charge in [0.2, 0.25) is 5.95 Å². The first-order chi connectivity index (χ1) is 14.3. The summed E-state index contributed by atoms with van der Waals surface area (Å²) in [7, 11) is 1.95. The number of carbonyl (C=O) groups excluding carboxylic acids is 1. The zero-order valence-electron chi connectivity index (χ0n) is 16.0. The first kappa shape index (κ1) is 20.0. The predicted octanol–water partition coefficient (Wildman–Crippen LogP) is 1.30. The maximum absolute atomic E-state index is 12.4. The van der Waals surface area contributed by atoms with Gasteiger partial charge in [-0.2, -0.15) is 13.2 Å². The number of piperazine rings is 1. The van der Waals surface area contributed by atoms with E-state index in [1.165, 1.54) is 12.3 Å². The van der Waals surface area contributed by atoms with Crippen LogP contribution in [-0.2, 0) is 0 Å². The second-order valence-electron chi connectivity index (χ2n) is 6.99. The molecule has 30 heavy (non-hydrogen) atoms. The average molecular weight is 420 g/mol. The molecule has 0 aliphatic carbocycles. The van der Waals surface area contributed by atoms with Gasteiger partial charge in [-0.25, -0.2) is 9.97 Å². The third kappa shape index (κ3) is 4.17. The van der Waals surface area contributed by atoms with E-state index in [1.54, 1.807) is 28.9 Å². The number of anilines is 1. The lowest BCUT2D eigenvalue weighted by atomic mass is 10.1. The molecule has 1 amide bonds. The van der Waals surface area contributed by atoms with Gasteiger partial charge in [0.1, 0.15) is 6.54 Å². The molecule has 12 heteroatoms. The van der Waals surface area contributed by atoms with E-state index in [1.807, 2.05) is 17.3 Å². The molecule has 1 N–H and O–H groups in total. The van der Waals surface area contributed by atoms with E-state index in [4.69, 9.17) is 0 Å². The number of halogens is 3. The van der Waals surface area contributed by atoms with E-state index in [9.17, 15) is 18.0 Å². The Kier molecular flexibility index (Phi) is 5.24. The highest BCUT2D eigenvalue weighted by molar-refractivity contribution is 5.94. The molecule has 1 unspecified atom stereocenters. The van der Waals surface area contributed by atoms with Crippen LogP contribution >= 0.6 is 0 Å². The van der Waals surface area contributed by atoms with Crippen molar-refractivity contribution in [1.82, 2.24) is 34.8 Å². The molecule has 0 aromatic carbocycles. The van der Waals surface area contributed by atoms with E-state index < -0.39 is 18.6 Å². The lowest BCUT2D eigenvalue weighted by Gasteiger charge is -2.38.